The van der Waals surface area contributed by atoms with Crippen LogP contribution in [0.2, 0.25) is 0 Å². The molecule has 148 valence electrons. The summed E-state index contributed by atoms with van der Waals surface area (Å²) in [5, 5.41) is 6.95. The maximum atomic E-state index is 14.2. The van der Waals surface area contributed by atoms with E-state index in [4.69, 9.17) is 4.99 Å². The molecule has 1 saturated heterocycles. The number of halogens is 1. The van der Waals surface area contributed by atoms with Crippen LogP contribution in [0.4, 0.5) is 4.39 Å². The lowest BCUT2D eigenvalue weighted by Gasteiger charge is -2.33. The second-order valence-corrected chi connectivity index (χ2v) is 8.11. The smallest absolute Gasteiger partial charge is 0.191 e. The van der Waals surface area contributed by atoms with E-state index in [1.807, 2.05) is 12.1 Å². The topological polar surface area (TPSA) is 39.7 Å². The number of hydrogen-bond acceptors (Lipinski definition) is 2. The lowest BCUT2D eigenvalue weighted by Crippen LogP contribution is -2.49. The molecule has 0 amide bonds. The molecule has 2 fully saturated rings. The van der Waals surface area contributed by atoms with Crippen molar-refractivity contribution in [2.75, 3.05) is 32.7 Å². The molecule has 3 rings (SSSR count). The molecule has 1 aromatic rings. The summed E-state index contributed by atoms with van der Waals surface area (Å²) in [5.74, 6) is 0.756. The predicted octanol–water partition coefficient (Wildman–Crippen LogP) is 3.45. The van der Waals surface area contributed by atoms with Crippen LogP contribution < -0.4 is 10.6 Å². The van der Waals surface area contributed by atoms with E-state index in [-0.39, 0.29) is 11.2 Å². The molecule has 0 bridgehead atoms. The number of rotatable bonds is 7. The van der Waals surface area contributed by atoms with Gasteiger partial charge >= 0.3 is 0 Å². The first kappa shape index (κ1) is 19.9. The molecule has 1 aliphatic heterocycles. The van der Waals surface area contributed by atoms with Gasteiger partial charge in [0.25, 0.3) is 0 Å². The van der Waals surface area contributed by atoms with Gasteiger partial charge in [-0.3, -0.25) is 9.89 Å². The normalized spacial score (nSPS) is 20.3. The van der Waals surface area contributed by atoms with Crippen LogP contribution in [-0.2, 0) is 5.41 Å². The zero-order valence-corrected chi connectivity index (χ0v) is 16.7. The molecule has 0 spiro atoms. The van der Waals surface area contributed by atoms with Crippen molar-refractivity contribution >= 4 is 5.96 Å². The van der Waals surface area contributed by atoms with E-state index in [1.165, 1.54) is 5.57 Å². The molecule has 27 heavy (non-hydrogen) atoms. The van der Waals surface area contributed by atoms with E-state index >= 15 is 0 Å². The van der Waals surface area contributed by atoms with Gasteiger partial charge in [-0.25, -0.2) is 4.39 Å². The van der Waals surface area contributed by atoms with Crippen molar-refractivity contribution in [2.45, 2.75) is 51.0 Å². The second-order valence-electron chi connectivity index (χ2n) is 8.11. The number of hydrogen-bond donors (Lipinski definition) is 2. The van der Waals surface area contributed by atoms with E-state index in [1.54, 1.807) is 12.1 Å². The molecule has 0 radical (unpaired) electrons. The summed E-state index contributed by atoms with van der Waals surface area (Å²) in [4.78, 5) is 7.29. The summed E-state index contributed by atoms with van der Waals surface area (Å²) in [6, 6.07) is 7.58. The number of nitrogens with zero attached hydrogens (tertiary/aromatic N) is 2. The van der Waals surface area contributed by atoms with Crippen LogP contribution in [0.15, 0.2) is 41.4 Å². The summed E-state index contributed by atoms with van der Waals surface area (Å²) >= 11 is 0. The zero-order chi connectivity index (χ0) is 19.3. The minimum absolute atomic E-state index is 0.104. The minimum atomic E-state index is -0.113. The number of aliphatic imine (C=N–C) groups is 1. The van der Waals surface area contributed by atoms with Gasteiger partial charge in [-0.1, -0.05) is 30.4 Å². The first-order valence-electron chi connectivity index (χ1n) is 10.2. The molecule has 2 N–H and O–H groups in total. The molecule has 0 unspecified atom stereocenters. The van der Waals surface area contributed by atoms with Gasteiger partial charge in [-0.05, 0) is 51.2 Å². The van der Waals surface area contributed by atoms with Gasteiger partial charge in [0.2, 0.25) is 0 Å². The Bertz CT molecular complexity index is 673. The Labute approximate surface area is 162 Å². The minimum Gasteiger partial charge on any atom is -0.357 e. The Morgan fingerprint density at radius 3 is 2.59 bits per heavy atom. The highest BCUT2D eigenvalue weighted by molar-refractivity contribution is 5.80. The van der Waals surface area contributed by atoms with Crippen molar-refractivity contribution in [2.24, 2.45) is 4.99 Å². The van der Waals surface area contributed by atoms with Crippen LogP contribution in [0.25, 0.3) is 0 Å². The van der Waals surface area contributed by atoms with Crippen molar-refractivity contribution < 1.29 is 4.39 Å². The van der Waals surface area contributed by atoms with Crippen LogP contribution in [0, 0.1) is 5.82 Å². The Morgan fingerprint density at radius 1 is 1.30 bits per heavy atom. The Kier molecular flexibility index (Phi) is 6.53. The summed E-state index contributed by atoms with van der Waals surface area (Å²) in [6.07, 6.45) is 4.23. The number of piperidine rings is 1. The second kappa shape index (κ2) is 8.87. The number of guanidine groups is 1. The summed E-state index contributed by atoms with van der Waals surface area (Å²) < 4.78 is 14.2. The van der Waals surface area contributed by atoms with Gasteiger partial charge in [0, 0.05) is 37.6 Å². The molecule has 0 aromatic heterocycles. The molecule has 5 heteroatoms. The Hall–Kier alpha value is -1.88. The fourth-order valence-corrected chi connectivity index (χ4v) is 3.92. The Balaban J connectivity index is 1.58. The van der Waals surface area contributed by atoms with Gasteiger partial charge in [-0.15, -0.1) is 0 Å². The number of nitrogens with one attached hydrogen (secondary N) is 2. The van der Waals surface area contributed by atoms with Crippen LogP contribution in [0.5, 0.6) is 0 Å². The first-order valence-corrected chi connectivity index (χ1v) is 10.2. The third-order valence-electron chi connectivity index (χ3n) is 5.60. The van der Waals surface area contributed by atoms with Gasteiger partial charge in [0.05, 0.1) is 6.54 Å². The van der Waals surface area contributed by atoms with Crippen LogP contribution in [0.3, 0.4) is 0 Å². The highest BCUT2D eigenvalue weighted by Crippen LogP contribution is 2.49. The van der Waals surface area contributed by atoms with Crippen molar-refractivity contribution in [1.29, 1.82) is 0 Å². The lowest BCUT2D eigenvalue weighted by atomic mass is 9.95. The van der Waals surface area contributed by atoms with Crippen LogP contribution >= 0.6 is 0 Å². The maximum absolute atomic E-state index is 14.2. The molecule has 2 aliphatic rings. The summed E-state index contributed by atoms with van der Waals surface area (Å²) in [7, 11) is 0. The van der Waals surface area contributed by atoms with Crippen molar-refractivity contribution in [1.82, 2.24) is 15.5 Å². The maximum Gasteiger partial charge on any atom is 0.191 e. The first-order chi connectivity index (χ1) is 13.0. The molecule has 1 aromatic carbocycles. The SMILES string of the molecule is C=C(C)CN1CCC(NC(=NCC2(c3ccccc3F)CC2)NCC)CC1. The summed E-state index contributed by atoms with van der Waals surface area (Å²) in [6.45, 7) is 12.8. The molecule has 1 aliphatic carbocycles. The van der Waals surface area contributed by atoms with Crippen LogP contribution in [-0.4, -0.2) is 49.6 Å². The Morgan fingerprint density at radius 2 is 2.00 bits per heavy atom. The molecular formula is C22H33FN4. The quantitative estimate of drug-likeness (QED) is 0.437. The lowest BCUT2D eigenvalue weighted by molar-refractivity contribution is 0.221. The van der Waals surface area contributed by atoms with Gasteiger partial charge < -0.3 is 10.6 Å². The predicted molar refractivity (Wildman–Crippen MR) is 111 cm³/mol. The fourth-order valence-electron chi connectivity index (χ4n) is 3.92. The van der Waals surface area contributed by atoms with E-state index in [9.17, 15) is 4.39 Å². The van der Waals surface area contributed by atoms with Gasteiger partial charge in [0.15, 0.2) is 5.96 Å². The van der Waals surface area contributed by atoms with E-state index in [0.29, 0.717) is 12.6 Å². The molecule has 4 nitrogen and oxygen atoms in total. The third-order valence-corrected chi connectivity index (χ3v) is 5.60. The average Bonchev–Trinajstić information content (AvgIpc) is 3.42. The zero-order valence-electron chi connectivity index (χ0n) is 16.7. The fraction of sp³-hybridized carbons (Fsp3) is 0.591. The van der Waals surface area contributed by atoms with Gasteiger partial charge in [-0.2, -0.15) is 0 Å². The van der Waals surface area contributed by atoms with E-state index in [0.717, 1.165) is 63.4 Å². The third kappa shape index (κ3) is 5.32. The monoisotopic (exact) mass is 372 g/mol. The summed E-state index contributed by atoms with van der Waals surface area (Å²) in [5.41, 5.74) is 1.93. The van der Waals surface area contributed by atoms with Crippen LogP contribution in [0.1, 0.15) is 45.1 Å². The van der Waals surface area contributed by atoms with E-state index < -0.39 is 0 Å². The van der Waals surface area contributed by atoms with E-state index in [2.05, 4.69) is 36.0 Å². The largest absolute Gasteiger partial charge is 0.357 e. The highest BCUT2D eigenvalue weighted by Gasteiger charge is 2.45. The standard InChI is InChI=1S/C22H33FN4/c1-4-24-21(26-18-9-13-27(14-10-18)15-17(2)3)25-16-22(11-12-22)19-7-5-6-8-20(19)23/h5-8,18H,2,4,9-16H2,1,3H3,(H2,24,25,26). The highest BCUT2D eigenvalue weighted by atomic mass is 19.1. The molecule has 1 saturated carbocycles. The van der Waals surface area contributed by atoms with Crippen molar-refractivity contribution in [3.8, 4) is 0 Å². The molecule has 1 heterocycles. The molecular weight excluding hydrogens is 339 g/mol. The van der Waals surface area contributed by atoms with Crippen molar-refractivity contribution in [3.63, 3.8) is 0 Å². The average molecular weight is 373 g/mol. The van der Waals surface area contributed by atoms with Crippen molar-refractivity contribution in [3.05, 3.63) is 47.8 Å². The number of likely N-dealkylation sites (tertiary alicyclic amines) is 1. The van der Waals surface area contributed by atoms with Gasteiger partial charge in [0.1, 0.15) is 5.82 Å². The molecule has 0 atom stereocenters. The number of benzene rings is 1.